The predicted molar refractivity (Wildman–Crippen MR) is 120 cm³/mol. The molecule has 0 saturated carbocycles. The van der Waals surface area contributed by atoms with Crippen LogP contribution in [0.3, 0.4) is 0 Å². The fourth-order valence-electron chi connectivity index (χ4n) is 4.20. The molecule has 2 heterocycles. The second kappa shape index (κ2) is 9.67. The van der Waals surface area contributed by atoms with Gasteiger partial charge in [0.25, 0.3) is 0 Å². The minimum absolute atomic E-state index is 0.0216. The van der Waals surface area contributed by atoms with E-state index in [9.17, 15) is 10.0 Å². The van der Waals surface area contributed by atoms with Crippen molar-refractivity contribution in [3.05, 3.63) is 70.9 Å². The standard InChI is InChI=1S/C24H28N4O2/c29-24(14-18-27-16-12-20(13-17-27)19-5-2-1-3-6-19)26-22-10-8-21(9-11-22)23-7-4-15-25-28(23)30/h1-3,5-6,8-11,15,20H,4,7,12-14,16-18H2,(H,26,29). The molecule has 2 aromatic carbocycles. The third-order valence-corrected chi connectivity index (χ3v) is 5.94. The fourth-order valence-corrected chi connectivity index (χ4v) is 4.20. The van der Waals surface area contributed by atoms with E-state index in [1.54, 1.807) is 6.21 Å². The average molecular weight is 405 g/mol. The van der Waals surface area contributed by atoms with Crippen LogP contribution in [0.1, 0.15) is 49.1 Å². The van der Waals surface area contributed by atoms with Crippen LogP contribution in [-0.4, -0.2) is 47.2 Å². The van der Waals surface area contributed by atoms with Gasteiger partial charge in [0.1, 0.15) is 0 Å². The van der Waals surface area contributed by atoms with Gasteiger partial charge < -0.3 is 15.4 Å². The lowest BCUT2D eigenvalue weighted by Crippen LogP contribution is -2.35. The molecule has 0 radical (unpaired) electrons. The molecule has 1 fully saturated rings. The molecule has 0 bridgehead atoms. The van der Waals surface area contributed by atoms with Gasteiger partial charge in [-0.05, 0) is 68.1 Å². The molecule has 0 spiro atoms. The highest BCUT2D eigenvalue weighted by Gasteiger charge is 2.21. The SMILES string of the molecule is O=C(CCN1CCC(c2ccccc2)CC1)Nc1ccc(C2=[N+]([O-])N=CCC2)cc1. The van der Waals surface area contributed by atoms with Crippen LogP contribution < -0.4 is 5.32 Å². The van der Waals surface area contributed by atoms with Gasteiger partial charge in [-0.1, -0.05) is 35.2 Å². The highest BCUT2D eigenvalue weighted by atomic mass is 16.5. The predicted octanol–water partition coefficient (Wildman–Crippen LogP) is 3.97. The molecule has 6 nitrogen and oxygen atoms in total. The maximum atomic E-state index is 12.4. The molecule has 1 saturated heterocycles. The summed E-state index contributed by atoms with van der Waals surface area (Å²) in [7, 11) is 0. The Balaban J connectivity index is 1.22. The Kier molecular flexibility index (Phi) is 6.54. The second-order valence-corrected chi connectivity index (χ2v) is 7.96. The molecule has 0 aliphatic carbocycles. The van der Waals surface area contributed by atoms with Gasteiger partial charge in [0.15, 0.2) is 0 Å². The van der Waals surface area contributed by atoms with E-state index in [-0.39, 0.29) is 5.91 Å². The van der Waals surface area contributed by atoms with Crippen LogP contribution in [-0.2, 0) is 4.79 Å². The van der Waals surface area contributed by atoms with Crippen molar-refractivity contribution in [1.82, 2.24) is 4.90 Å². The first-order valence-corrected chi connectivity index (χ1v) is 10.7. The summed E-state index contributed by atoms with van der Waals surface area (Å²) in [5.74, 6) is 0.654. The molecule has 2 aliphatic heterocycles. The van der Waals surface area contributed by atoms with Gasteiger partial charge >= 0.3 is 0 Å². The molecule has 6 heteroatoms. The quantitative estimate of drug-likeness (QED) is 0.585. The lowest BCUT2D eigenvalue weighted by Gasteiger charge is -2.32. The highest BCUT2D eigenvalue weighted by molar-refractivity contribution is 5.99. The number of hydrogen-bond acceptors (Lipinski definition) is 4. The first-order valence-electron chi connectivity index (χ1n) is 10.7. The number of rotatable bonds is 6. The number of hydrazone groups is 1. The number of likely N-dealkylation sites (tertiary alicyclic amines) is 1. The number of anilines is 1. The Labute approximate surface area is 177 Å². The molecule has 30 heavy (non-hydrogen) atoms. The van der Waals surface area contributed by atoms with Crippen molar-refractivity contribution in [2.45, 2.75) is 38.0 Å². The van der Waals surface area contributed by atoms with Gasteiger partial charge in [0.2, 0.25) is 11.6 Å². The molecule has 2 aromatic rings. The topological polar surface area (TPSA) is 70.8 Å². The van der Waals surface area contributed by atoms with Crippen molar-refractivity contribution in [3.63, 3.8) is 0 Å². The Morgan fingerprint density at radius 3 is 2.53 bits per heavy atom. The zero-order valence-electron chi connectivity index (χ0n) is 17.2. The summed E-state index contributed by atoms with van der Waals surface area (Å²) in [5, 5.41) is 18.6. The van der Waals surface area contributed by atoms with Crippen LogP contribution in [0.25, 0.3) is 0 Å². The second-order valence-electron chi connectivity index (χ2n) is 7.96. The number of hydrogen-bond donors (Lipinski definition) is 1. The highest BCUT2D eigenvalue weighted by Crippen LogP contribution is 2.27. The van der Waals surface area contributed by atoms with Crippen LogP contribution >= 0.6 is 0 Å². The zero-order valence-corrected chi connectivity index (χ0v) is 17.2. The van der Waals surface area contributed by atoms with E-state index in [0.29, 0.717) is 29.3 Å². The van der Waals surface area contributed by atoms with E-state index in [0.717, 1.165) is 50.1 Å². The molecule has 4 rings (SSSR count). The third kappa shape index (κ3) is 5.13. The van der Waals surface area contributed by atoms with Gasteiger partial charge in [-0.15, -0.1) is 0 Å². The lowest BCUT2D eigenvalue weighted by atomic mass is 9.89. The van der Waals surface area contributed by atoms with Crippen LogP contribution in [0.5, 0.6) is 0 Å². The molecule has 156 valence electrons. The number of nitrogens with one attached hydrogen (secondary N) is 1. The number of benzene rings is 2. The fraction of sp³-hybridized carbons (Fsp3) is 0.375. The van der Waals surface area contributed by atoms with E-state index in [4.69, 9.17) is 0 Å². The number of amides is 1. The number of nitrogens with zero attached hydrogens (tertiary/aromatic N) is 3. The van der Waals surface area contributed by atoms with E-state index < -0.39 is 0 Å². The van der Waals surface area contributed by atoms with Crippen molar-refractivity contribution in [3.8, 4) is 0 Å². The third-order valence-electron chi connectivity index (χ3n) is 5.94. The van der Waals surface area contributed by atoms with Gasteiger partial charge in [0, 0.05) is 35.7 Å². The normalized spacial score (nSPS) is 17.9. The average Bonchev–Trinajstić information content (AvgIpc) is 2.80. The number of piperidine rings is 1. The van der Waals surface area contributed by atoms with Gasteiger partial charge in [-0.2, -0.15) is 0 Å². The van der Waals surface area contributed by atoms with E-state index in [1.807, 2.05) is 24.3 Å². The Hall–Kier alpha value is -2.99. The molecule has 2 aliphatic rings. The molecular weight excluding hydrogens is 376 g/mol. The summed E-state index contributed by atoms with van der Waals surface area (Å²) in [6, 6.07) is 18.1. The number of carbonyl (C=O) groups is 1. The molecular formula is C24H28N4O2. The van der Waals surface area contributed by atoms with Crippen molar-refractivity contribution >= 4 is 23.5 Å². The van der Waals surface area contributed by atoms with Crippen molar-refractivity contribution < 1.29 is 9.64 Å². The summed E-state index contributed by atoms with van der Waals surface area (Å²) in [4.78, 5) is 15.4. The summed E-state index contributed by atoms with van der Waals surface area (Å²) >= 11 is 0. The zero-order chi connectivity index (χ0) is 20.8. The van der Waals surface area contributed by atoms with Gasteiger partial charge in [0.05, 0.1) is 6.21 Å². The molecule has 0 aromatic heterocycles. The summed E-state index contributed by atoms with van der Waals surface area (Å²) in [5.41, 5.74) is 3.69. The molecule has 1 amide bonds. The van der Waals surface area contributed by atoms with Crippen LogP contribution in [0.2, 0.25) is 0 Å². The first kappa shape index (κ1) is 20.3. The maximum absolute atomic E-state index is 12.4. The van der Waals surface area contributed by atoms with Crippen LogP contribution in [0.15, 0.2) is 59.7 Å². The Morgan fingerprint density at radius 1 is 1.10 bits per heavy atom. The minimum atomic E-state index is 0.0216. The van der Waals surface area contributed by atoms with Crippen LogP contribution in [0.4, 0.5) is 5.69 Å². The van der Waals surface area contributed by atoms with Crippen LogP contribution in [0, 0.1) is 5.21 Å². The summed E-state index contributed by atoms with van der Waals surface area (Å²) in [6.07, 6.45) is 5.86. The summed E-state index contributed by atoms with van der Waals surface area (Å²) < 4.78 is 0. The monoisotopic (exact) mass is 404 g/mol. The largest absolute Gasteiger partial charge is 0.594 e. The lowest BCUT2D eigenvalue weighted by molar-refractivity contribution is -0.464. The van der Waals surface area contributed by atoms with E-state index in [2.05, 4.69) is 45.6 Å². The van der Waals surface area contributed by atoms with Gasteiger partial charge in [-0.25, -0.2) is 0 Å². The maximum Gasteiger partial charge on any atom is 0.229 e. The van der Waals surface area contributed by atoms with Gasteiger partial charge in [-0.3, -0.25) is 4.79 Å². The van der Waals surface area contributed by atoms with Crippen molar-refractivity contribution in [2.75, 3.05) is 25.0 Å². The van der Waals surface area contributed by atoms with Crippen molar-refractivity contribution in [2.24, 2.45) is 5.10 Å². The van der Waals surface area contributed by atoms with E-state index in [1.165, 1.54) is 5.56 Å². The molecule has 1 N–H and O–H groups in total. The smallest absolute Gasteiger partial charge is 0.229 e. The Morgan fingerprint density at radius 2 is 1.83 bits per heavy atom. The summed E-state index contributed by atoms with van der Waals surface area (Å²) in [6.45, 7) is 2.86. The minimum Gasteiger partial charge on any atom is -0.594 e. The Bertz CT molecular complexity index is 914. The van der Waals surface area contributed by atoms with E-state index >= 15 is 0 Å². The number of carbonyl (C=O) groups excluding carboxylic acids is 1. The first-order chi connectivity index (χ1) is 14.7. The van der Waals surface area contributed by atoms with Crippen molar-refractivity contribution in [1.29, 1.82) is 0 Å². The molecule has 0 unspecified atom stereocenters. The molecule has 0 atom stereocenters.